The van der Waals surface area contributed by atoms with E-state index in [2.05, 4.69) is 0 Å². The van der Waals surface area contributed by atoms with Crippen LogP contribution in [0.3, 0.4) is 0 Å². The highest BCUT2D eigenvalue weighted by Gasteiger charge is 2.01. The van der Waals surface area contributed by atoms with Gasteiger partial charge in [0, 0.05) is 0 Å². The normalized spacial score (nSPS) is 10.3. The molecular formula is C13H13NO2. The molecule has 0 saturated carbocycles. The van der Waals surface area contributed by atoms with Gasteiger partial charge in [-0.25, -0.2) is 0 Å². The Bertz CT molecular complexity index is 534. The second-order valence-electron chi connectivity index (χ2n) is 3.69. The zero-order chi connectivity index (χ0) is 11.5. The van der Waals surface area contributed by atoms with Gasteiger partial charge < -0.3 is 10.5 Å². The summed E-state index contributed by atoms with van der Waals surface area (Å²) in [4.78, 5) is 10.8. The number of carbonyl (C=O) groups is 1. The van der Waals surface area contributed by atoms with E-state index in [1.807, 2.05) is 36.4 Å². The molecule has 0 aliphatic heterocycles. The fourth-order valence-electron chi connectivity index (χ4n) is 1.71. The molecule has 0 fully saturated rings. The summed E-state index contributed by atoms with van der Waals surface area (Å²) in [5, 5.41) is 2.17. The van der Waals surface area contributed by atoms with E-state index < -0.39 is 0 Å². The van der Waals surface area contributed by atoms with Crippen LogP contribution in [0.5, 0.6) is 5.75 Å². The molecule has 3 nitrogen and oxygen atoms in total. The Balaban J connectivity index is 2.43. The Morgan fingerprint density at radius 1 is 1.19 bits per heavy atom. The van der Waals surface area contributed by atoms with Crippen LogP contribution in [-0.2, 0) is 11.2 Å². The topological polar surface area (TPSA) is 52.3 Å². The van der Waals surface area contributed by atoms with E-state index in [1.54, 1.807) is 7.11 Å². The fraction of sp³-hybridized carbons (Fsp3) is 0.154. The van der Waals surface area contributed by atoms with Crippen molar-refractivity contribution >= 4 is 16.7 Å². The number of fused-ring (bicyclic) bond motifs is 1. The second-order valence-corrected chi connectivity index (χ2v) is 3.69. The van der Waals surface area contributed by atoms with Crippen molar-refractivity contribution in [1.29, 1.82) is 0 Å². The summed E-state index contributed by atoms with van der Waals surface area (Å²) in [5.41, 5.74) is 6.09. The van der Waals surface area contributed by atoms with Gasteiger partial charge in [0.1, 0.15) is 5.75 Å². The highest BCUT2D eigenvalue weighted by atomic mass is 16.5. The molecule has 0 bridgehead atoms. The lowest BCUT2D eigenvalue weighted by molar-refractivity contribution is -0.117. The number of hydrogen-bond donors (Lipinski definition) is 1. The largest absolute Gasteiger partial charge is 0.497 e. The Labute approximate surface area is 93.8 Å². The number of nitrogens with two attached hydrogens (primary N) is 1. The monoisotopic (exact) mass is 215 g/mol. The summed E-state index contributed by atoms with van der Waals surface area (Å²) in [5.74, 6) is 0.517. The van der Waals surface area contributed by atoms with Crippen molar-refractivity contribution in [2.45, 2.75) is 6.42 Å². The molecule has 2 aromatic carbocycles. The summed E-state index contributed by atoms with van der Waals surface area (Å²) >= 11 is 0. The van der Waals surface area contributed by atoms with Crippen molar-refractivity contribution in [2.24, 2.45) is 5.73 Å². The van der Waals surface area contributed by atoms with Crippen LogP contribution in [-0.4, -0.2) is 13.0 Å². The summed E-state index contributed by atoms with van der Waals surface area (Å²) < 4.78 is 5.14. The van der Waals surface area contributed by atoms with E-state index >= 15 is 0 Å². The van der Waals surface area contributed by atoms with E-state index in [0.29, 0.717) is 0 Å². The van der Waals surface area contributed by atoms with Crippen molar-refractivity contribution in [2.75, 3.05) is 7.11 Å². The molecule has 1 amide bonds. The van der Waals surface area contributed by atoms with Crippen molar-refractivity contribution in [1.82, 2.24) is 0 Å². The predicted octanol–water partition coefficient (Wildman–Crippen LogP) is 1.88. The minimum Gasteiger partial charge on any atom is -0.497 e. The first kappa shape index (κ1) is 10.5. The molecule has 2 rings (SSSR count). The van der Waals surface area contributed by atoms with Crippen LogP contribution in [0.25, 0.3) is 10.8 Å². The smallest absolute Gasteiger partial charge is 0.221 e. The summed E-state index contributed by atoms with van der Waals surface area (Å²) in [6, 6.07) is 11.7. The third-order valence-corrected chi connectivity index (χ3v) is 2.49. The third kappa shape index (κ3) is 2.14. The number of ether oxygens (including phenoxy) is 1. The molecule has 0 heterocycles. The van der Waals surface area contributed by atoms with E-state index in [4.69, 9.17) is 10.5 Å². The Morgan fingerprint density at radius 3 is 2.56 bits per heavy atom. The number of carbonyl (C=O) groups excluding carboxylic acids is 1. The van der Waals surface area contributed by atoms with Crippen LogP contribution in [0.2, 0.25) is 0 Å². The van der Waals surface area contributed by atoms with Crippen LogP contribution >= 0.6 is 0 Å². The van der Waals surface area contributed by atoms with Gasteiger partial charge in [0.05, 0.1) is 13.5 Å². The van der Waals surface area contributed by atoms with Crippen LogP contribution in [0.4, 0.5) is 0 Å². The van der Waals surface area contributed by atoms with E-state index in [9.17, 15) is 4.79 Å². The number of primary amides is 1. The molecule has 0 atom stereocenters. The number of hydrogen-bond acceptors (Lipinski definition) is 2. The Kier molecular flexibility index (Phi) is 2.77. The summed E-state index contributed by atoms with van der Waals surface area (Å²) in [7, 11) is 1.64. The molecule has 82 valence electrons. The van der Waals surface area contributed by atoms with Gasteiger partial charge in [-0.1, -0.05) is 24.3 Å². The minimum absolute atomic E-state index is 0.280. The average Bonchev–Trinajstić information content (AvgIpc) is 2.27. The molecule has 2 aromatic rings. The molecule has 0 saturated heterocycles. The van der Waals surface area contributed by atoms with Crippen molar-refractivity contribution < 1.29 is 9.53 Å². The second kappa shape index (κ2) is 4.23. The molecular weight excluding hydrogens is 202 g/mol. The maximum Gasteiger partial charge on any atom is 0.221 e. The van der Waals surface area contributed by atoms with Crippen molar-refractivity contribution in [3.8, 4) is 5.75 Å². The molecule has 2 N–H and O–H groups in total. The molecule has 16 heavy (non-hydrogen) atoms. The number of benzene rings is 2. The van der Waals surface area contributed by atoms with Gasteiger partial charge in [-0.3, -0.25) is 4.79 Å². The fourth-order valence-corrected chi connectivity index (χ4v) is 1.71. The number of amides is 1. The predicted molar refractivity (Wildman–Crippen MR) is 63.4 cm³/mol. The molecule has 0 aliphatic rings. The van der Waals surface area contributed by atoms with Gasteiger partial charge in [-0.15, -0.1) is 0 Å². The van der Waals surface area contributed by atoms with E-state index in [-0.39, 0.29) is 12.3 Å². The highest BCUT2D eigenvalue weighted by Crippen LogP contribution is 2.21. The van der Waals surface area contributed by atoms with Crippen LogP contribution in [0, 0.1) is 0 Å². The molecule has 3 heteroatoms. The van der Waals surface area contributed by atoms with Gasteiger partial charge in [0.15, 0.2) is 0 Å². The van der Waals surface area contributed by atoms with Gasteiger partial charge >= 0.3 is 0 Å². The first-order valence-corrected chi connectivity index (χ1v) is 5.04. The van der Waals surface area contributed by atoms with Gasteiger partial charge in [-0.05, 0) is 28.5 Å². The first-order chi connectivity index (χ1) is 7.69. The van der Waals surface area contributed by atoms with Crippen LogP contribution in [0.15, 0.2) is 36.4 Å². The van der Waals surface area contributed by atoms with Crippen molar-refractivity contribution in [3.05, 3.63) is 42.0 Å². The standard InChI is InChI=1S/C13H13NO2/c1-16-12-5-4-10-6-9(7-13(14)15)2-3-11(10)8-12/h2-6,8H,7H2,1H3,(H2,14,15). The minimum atomic E-state index is -0.312. The quantitative estimate of drug-likeness (QED) is 0.849. The zero-order valence-electron chi connectivity index (χ0n) is 9.07. The molecule has 0 radical (unpaired) electrons. The molecule has 0 aliphatic carbocycles. The lowest BCUT2D eigenvalue weighted by Gasteiger charge is -2.04. The lowest BCUT2D eigenvalue weighted by Crippen LogP contribution is -2.13. The summed E-state index contributed by atoms with van der Waals surface area (Å²) in [6.45, 7) is 0. The van der Waals surface area contributed by atoms with Crippen LogP contribution in [0.1, 0.15) is 5.56 Å². The molecule has 0 spiro atoms. The average molecular weight is 215 g/mol. The van der Waals surface area contributed by atoms with Crippen LogP contribution < -0.4 is 10.5 Å². The SMILES string of the molecule is COc1ccc2cc(CC(N)=O)ccc2c1. The van der Waals surface area contributed by atoms with Gasteiger partial charge in [0.2, 0.25) is 5.91 Å². The lowest BCUT2D eigenvalue weighted by atomic mass is 10.0. The first-order valence-electron chi connectivity index (χ1n) is 5.04. The van der Waals surface area contributed by atoms with Gasteiger partial charge in [0.25, 0.3) is 0 Å². The third-order valence-electron chi connectivity index (χ3n) is 2.49. The molecule has 0 unspecified atom stereocenters. The zero-order valence-corrected chi connectivity index (χ0v) is 9.07. The Hall–Kier alpha value is -2.03. The number of rotatable bonds is 3. The van der Waals surface area contributed by atoms with Gasteiger partial charge in [-0.2, -0.15) is 0 Å². The highest BCUT2D eigenvalue weighted by molar-refractivity contribution is 5.86. The summed E-state index contributed by atoms with van der Waals surface area (Å²) in [6.07, 6.45) is 0.280. The van der Waals surface area contributed by atoms with Crippen molar-refractivity contribution in [3.63, 3.8) is 0 Å². The molecule has 0 aromatic heterocycles. The maximum atomic E-state index is 10.8. The van der Waals surface area contributed by atoms with E-state index in [1.165, 1.54) is 0 Å². The Morgan fingerprint density at radius 2 is 1.88 bits per heavy atom. The maximum absolute atomic E-state index is 10.8. The number of methoxy groups -OCH3 is 1. The van der Waals surface area contributed by atoms with E-state index in [0.717, 1.165) is 22.1 Å².